The average molecular weight is 582 g/mol. The Bertz CT molecular complexity index is 1920. The van der Waals surface area contributed by atoms with Crippen LogP contribution in [0.25, 0.3) is 39.4 Å². The summed E-state index contributed by atoms with van der Waals surface area (Å²) >= 11 is 2.92. The lowest BCUT2D eigenvalue weighted by Gasteiger charge is -2.10. The van der Waals surface area contributed by atoms with E-state index in [-0.39, 0.29) is 5.56 Å². The molecule has 2 aromatic carbocycles. The van der Waals surface area contributed by atoms with Gasteiger partial charge >= 0.3 is 0 Å². The highest BCUT2D eigenvalue weighted by Gasteiger charge is 2.14. The molecule has 0 saturated heterocycles. The summed E-state index contributed by atoms with van der Waals surface area (Å²) in [6, 6.07) is 19.7. The number of unbranched alkanes of at least 4 members (excludes halogenated alkanes) is 1. The van der Waals surface area contributed by atoms with E-state index < -0.39 is 0 Å². The lowest BCUT2D eigenvalue weighted by molar-refractivity contribution is 0.288. The fourth-order valence-electron chi connectivity index (χ4n) is 4.28. The number of aromatic nitrogens is 5. The van der Waals surface area contributed by atoms with Crippen molar-refractivity contribution in [1.82, 2.24) is 24.4 Å². The highest BCUT2D eigenvalue weighted by molar-refractivity contribution is 7.15. The first-order chi connectivity index (χ1) is 20.1. The van der Waals surface area contributed by atoms with Crippen molar-refractivity contribution in [3.8, 4) is 27.8 Å². The molecule has 10 heteroatoms. The number of thiazole rings is 1. The van der Waals surface area contributed by atoms with E-state index in [0.29, 0.717) is 27.7 Å². The van der Waals surface area contributed by atoms with Crippen molar-refractivity contribution in [2.45, 2.75) is 19.8 Å². The second kappa shape index (κ2) is 11.9. The van der Waals surface area contributed by atoms with E-state index >= 15 is 0 Å². The molecule has 0 fully saturated rings. The first-order valence-corrected chi connectivity index (χ1v) is 14.9. The van der Waals surface area contributed by atoms with E-state index in [9.17, 15) is 4.79 Å². The van der Waals surface area contributed by atoms with Gasteiger partial charge in [0.15, 0.2) is 17.3 Å². The fraction of sp³-hybridized carbons (Fsp3) is 0.161. The zero-order valence-electron chi connectivity index (χ0n) is 22.6. The molecule has 0 N–H and O–H groups in total. The van der Waals surface area contributed by atoms with Crippen molar-refractivity contribution in [3.63, 3.8) is 0 Å². The second-order valence-electron chi connectivity index (χ2n) is 9.22. The van der Waals surface area contributed by atoms with E-state index in [1.807, 2.05) is 89.1 Å². The van der Waals surface area contributed by atoms with Gasteiger partial charge in [-0.05, 0) is 59.8 Å². The Morgan fingerprint density at radius 2 is 1.88 bits per heavy atom. The van der Waals surface area contributed by atoms with E-state index in [2.05, 4.69) is 17.0 Å². The van der Waals surface area contributed by atoms with Crippen molar-refractivity contribution < 1.29 is 9.47 Å². The number of para-hydroxylation sites is 1. The van der Waals surface area contributed by atoms with E-state index in [1.165, 1.54) is 15.9 Å². The molecule has 0 aliphatic heterocycles. The molecule has 4 aromatic heterocycles. The quantitative estimate of drug-likeness (QED) is 0.185. The molecule has 4 heterocycles. The molecule has 8 nitrogen and oxygen atoms in total. The van der Waals surface area contributed by atoms with Crippen LogP contribution in [0.3, 0.4) is 0 Å². The summed E-state index contributed by atoms with van der Waals surface area (Å²) in [4.78, 5) is 19.4. The minimum Gasteiger partial charge on any atom is -0.493 e. The Labute approximate surface area is 244 Å². The predicted octanol–water partition coefficient (Wildman–Crippen LogP) is 5.97. The molecule has 0 bridgehead atoms. The number of benzene rings is 2. The van der Waals surface area contributed by atoms with E-state index in [1.54, 1.807) is 24.5 Å². The zero-order valence-corrected chi connectivity index (χ0v) is 24.2. The smallest absolute Gasteiger partial charge is 0.291 e. The van der Waals surface area contributed by atoms with Gasteiger partial charge in [-0.3, -0.25) is 4.79 Å². The van der Waals surface area contributed by atoms with Gasteiger partial charge < -0.3 is 9.47 Å². The lowest BCUT2D eigenvalue weighted by atomic mass is 10.2. The van der Waals surface area contributed by atoms with Crippen molar-refractivity contribution in [2.75, 3.05) is 13.7 Å². The average Bonchev–Trinajstić information content (AvgIpc) is 3.80. The van der Waals surface area contributed by atoms with Gasteiger partial charge in [0.05, 0.1) is 28.8 Å². The first kappa shape index (κ1) is 26.7. The minimum absolute atomic E-state index is 0.211. The van der Waals surface area contributed by atoms with Crippen molar-refractivity contribution in [3.05, 3.63) is 104 Å². The van der Waals surface area contributed by atoms with Crippen LogP contribution in [0.15, 0.2) is 77.0 Å². The molecule has 0 saturated carbocycles. The third-order valence-electron chi connectivity index (χ3n) is 6.37. The normalized spacial score (nSPS) is 12.1. The van der Waals surface area contributed by atoms with Gasteiger partial charge in [-0.15, -0.1) is 16.4 Å². The SMILES string of the molecule is CCCCOc1ccc(/C=C/c2nc3s/c(=C\c4cn(-c5ccccc5)nc4-c4cccs4)c(=O)n3n2)cc1OC. The number of fused-ring (bicyclic) bond motifs is 1. The minimum atomic E-state index is -0.211. The first-order valence-electron chi connectivity index (χ1n) is 13.2. The summed E-state index contributed by atoms with van der Waals surface area (Å²) in [7, 11) is 1.63. The number of hydrogen-bond donors (Lipinski definition) is 0. The Hall–Kier alpha value is -4.54. The third kappa shape index (κ3) is 5.70. The number of thiophene rings is 1. The molecule has 0 amide bonds. The predicted molar refractivity (Wildman–Crippen MR) is 165 cm³/mol. The number of methoxy groups -OCH3 is 1. The van der Waals surface area contributed by atoms with Crippen LogP contribution in [-0.2, 0) is 0 Å². The van der Waals surface area contributed by atoms with Crippen LogP contribution in [-0.4, -0.2) is 38.1 Å². The van der Waals surface area contributed by atoms with E-state index in [4.69, 9.17) is 14.6 Å². The summed E-state index contributed by atoms with van der Waals surface area (Å²) in [6.45, 7) is 2.78. The van der Waals surface area contributed by atoms with Gasteiger partial charge in [-0.2, -0.15) is 14.6 Å². The maximum absolute atomic E-state index is 13.3. The van der Waals surface area contributed by atoms with Gasteiger partial charge in [0.1, 0.15) is 5.69 Å². The molecule has 0 radical (unpaired) electrons. The topological polar surface area (TPSA) is 83.5 Å². The van der Waals surface area contributed by atoms with Gasteiger partial charge in [-0.25, -0.2) is 4.68 Å². The van der Waals surface area contributed by atoms with Crippen LogP contribution in [0.5, 0.6) is 11.5 Å². The molecule has 0 atom stereocenters. The monoisotopic (exact) mass is 581 g/mol. The summed E-state index contributed by atoms with van der Waals surface area (Å²) < 4.78 is 15.1. The van der Waals surface area contributed by atoms with Gasteiger partial charge in [0.2, 0.25) is 4.96 Å². The molecule has 6 aromatic rings. The Kier molecular flexibility index (Phi) is 7.75. The number of hydrogen-bond acceptors (Lipinski definition) is 8. The fourth-order valence-corrected chi connectivity index (χ4v) is 5.91. The maximum Gasteiger partial charge on any atom is 0.291 e. The van der Waals surface area contributed by atoms with E-state index in [0.717, 1.165) is 46.0 Å². The van der Waals surface area contributed by atoms with Crippen LogP contribution in [0.1, 0.15) is 36.7 Å². The molecule has 6 rings (SSSR count). The van der Waals surface area contributed by atoms with Gasteiger partial charge in [0.25, 0.3) is 5.56 Å². The maximum atomic E-state index is 13.3. The van der Waals surface area contributed by atoms with Crippen LogP contribution in [0, 0.1) is 0 Å². The molecule has 0 spiro atoms. The molecule has 0 unspecified atom stereocenters. The van der Waals surface area contributed by atoms with Gasteiger partial charge in [0, 0.05) is 11.8 Å². The Balaban J connectivity index is 1.29. The standard InChI is InChI=1S/C31H27N5O3S2/c1-3-4-16-39-24-14-12-21(18-25(24)38-2)13-15-28-32-31-36(33-28)30(37)27(41-31)19-22-20-35(23-9-6-5-7-10-23)34-29(22)26-11-8-17-40-26/h5-15,17-20H,3-4,16H2,1-2H3/b15-13+,27-19-. The lowest BCUT2D eigenvalue weighted by Crippen LogP contribution is -2.23. The van der Waals surface area contributed by atoms with Gasteiger partial charge in [-0.1, -0.05) is 61.1 Å². The van der Waals surface area contributed by atoms with Crippen LogP contribution < -0.4 is 19.6 Å². The largest absolute Gasteiger partial charge is 0.493 e. The number of nitrogens with zero attached hydrogens (tertiary/aromatic N) is 5. The van der Waals surface area contributed by atoms with Crippen LogP contribution in [0.2, 0.25) is 0 Å². The highest BCUT2D eigenvalue weighted by atomic mass is 32.1. The highest BCUT2D eigenvalue weighted by Crippen LogP contribution is 2.30. The molecular weight excluding hydrogens is 555 g/mol. The van der Waals surface area contributed by atoms with Crippen molar-refractivity contribution >= 4 is 45.9 Å². The molecule has 0 aliphatic carbocycles. The second-order valence-corrected chi connectivity index (χ2v) is 11.2. The zero-order chi connectivity index (χ0) is 28.2. The third-order valence-corrected chi connectivity index (χ3v) is 8.21. The Morgan fingerprint density at radius 1 is 1.00 bits per heavy atom. The molecule has 206 valence electrons. The molecule has 41 heavy (non-hydrogen) atoms. The summed E-state index contributed by atoms with van der Waals surface area (Å²) in [6.07, 6.45) is 9.55. The van der Waals surface area contributed by atoms with Crippen LogP contribution >= 0.6 is 22.7 Å². The number of rotatable bonds is 10. The summed E-state index contributed by atoms with van der Waals surface area (Å²) in [5.74, 6) is 1.84. The Morgan fingerprint density at radius 3 is 2.63 bits per heavy atom. The van der Waals surface area contributed by atoms with Crippen molar-refractivity contribution in [2.24, 2.45) is 0 Å². The van der Waals surface area contributed by atoms with Crippen molar-refractivity contribution in [1.29, 1.82) is 0 Å². The number of ether oxygens (including phenoxy) is 2. The molecular formula is C31H27N5O3S2. The summed E-state index contributed by atoms with van der Waals surface area (Å²) in [5, 5.41) is 11.3. The van der Waals surface area contributed by atoms with Crippen LogP contribution in [0.4, 0.5) is 0 Å². The molecule has 0 aliphatic rings. The summed E-state index contributed by atoms with van der Waals surface area (Å²) in [5.41, 5.74) is 3.33.